The molecule has 0 atom stereocenters. The molecule has 2 rings (SSSR count). The highest BCUT2D eigenvalue weighted by Crippen LogP contribution is 2.24. The molecule has 2 aromatic rings. The van der Waals surface area contributed by atoms with Crippen LogP contribution in [-0.4, -0.2) is 22.9 Å². The van der Waals surface area contributed by atoms with Crippen molar-refractivity contribution in [3.8, 4) is 5.75 Å². The van der Waals surface area contributed by atoms with Gasteiger partial charge in [-0.05, 0) is 41.9 Å². The van der Waals surface area contributed by atoms with E-state index in [-0.39, 0.29) is 12.2 Å². The monoisotopic (exact) mass is 334 g/mol. The first kappa shape index (κ1) is 14.7. The van der Waals surface area contributed by atoms with Gasteiger partial charge in [0.2, 0.25) is 0 Å². The topological polar surface area (TPSA) is 52.1 Å². The van der Waals surface area contributed by atoms with Gasteiger partial charge in [-0.15, -0.1) is 0 Å². The minimum absolute atomic E-state index is 0.0565. The Hall–Kier alpha value is -1.75. The van der Waals surface area contributed by atoms with Crippen LogP contribution in [0.1, 0.15) is 27.3 Å². The van der Waals surface area contributed by atoms with Crippen molar-refractivity contribution in [3.63, 3.8) is 0 Å². The van der Waals surface area contributed by atoms with Crippen LogP contribution in [0.15, 0.2) is 29.0 Å². The van der Waals surface area contributed by atoms with Crippen LogP contribution >= 0.6 is 15.9 Å². The fourth-order valence-corrected chi connectivity index (χ4v) is 2.27. The van der Waals surface area contributed by atoms with Crippen LogP contribution in [0.25, 0.3) is 0 Å². The molecule has 20 heavy (non-hydrogen) atoms. The predicted octanol–water partition coefficient (Wildman–Crippen LogP) is 3.29. The number of ketones is 1. The van der Waals surface area contributed by atoms with Gasteiger partial charge < -0.3 is 4.74 Å². The normalized spacial score (nSPS) is 10.4. The maximum absolute atomic E-state index is 12.2. The molecule has 0 radical (unpaired) electrons. The second kappa shape index (κ2) is 6.13. The number of nitrogens with zero attached hydrogens (tertiary/aromatic N) is 2. The van der Waals surface area contributed by atoms with E-state index in [0.29, 0.717) is 5.69 Å². The van der Waals surface area contributed by atoms with Gasteiger partial charge in [0.05, 0.1) is 19.2 Å². The SMILES string of the molecule is COc1c(C)cnc(CC(=O)c2ccc(Br)cn2)c1C. The highest BCUT2D eigenvalue weighted by atomic mass is 79.9. The van der Waals surface area contributed by atoms with Crippen LogP contribution in [-0.2, 0) is 6.42 Å². The van der Waals surface area contributed by atoms with E-state index in [4.69, 9.17) is 4.74 Å². The Balaban J connectivity index is 2.26. The second-order valence-electron chi connectivity index (χ2n) is 4.51. The third kappa shape index (κ3) is 3.04. The number of rotatable bonds is 4. The summed E-state index contributed by atoms with van der Waals surface area (Å²) in [6, 6.07) is 3.50. The van der Waals surface area contributed by atoms with Gasteiger partial charge in [-0.1, -0.05) is 0 Å². The summed E-state index contributed by atoms with van der Waals surface area (Å²) < 4.78 is 6.19. The quantitative estimate of drug-likeness (QED) is 0.805. The molecular formula is C15H15BrN2O2. The molecule has 5 heteroatoms. The Labute approximate surface area is 126 Å². The number of ether oxygens (including phenoxy) is 1. The zero-order valence-corrected chi connectivity index (χ0v) is 13.2. The fraction of sp³-hybridized carbons (Fsp3) is 0.267. The van der Waals surface area contributed by atoms with Gasteiger partial charge in [0.1, 0.15) is 11.4 Å². The Kier molecular flexibility index (Phi) is 4.49. The van der Waals surface area contributed by atoms with Gasteiger partial charge in [0, 0.05) is 28.0 Å². The molecule has 104 valence electrons. The lowest BCUT2D eigenvalue weighted by Gasteiger charge is -2.11. The van der Waals surface area contributed by atoms with Crippen molar-refractivity contribution >= 4 is 21.7 Å². The fourth-order valence-electron chi connectivity index (χ4n) is 2.03. The van der Waals surface area contributed by atoms with Crippen LogP contribution < -0.4 is 4.74 Å². The van der Waals surface area contributed by atoms with Crippen molar-refractivity contribution in [2.45, 2.75) is 20.3 Å². The van der Waals surface area contributed by atoms with Crippen molar-refractivity contribution in [2.24, 2.45) is 0 Å². The van der Waals surface area contributed by atoms with E-state index in [1.165, 1.54) is 0 Å². The number of aromatic nitrogens is 2. The molecule has 0 aliphatic heterocycles. The molecule has 0 aliphatic rings. The molecule has 0 unspecified atom stereocenters. The average Bonchev–Trinajstić information content (AvgIpc) is 2.43. The zero-order chi connectivity index (χ0) is 14.7. The van der Waals surface area contributed by atoms with E-state index in [1.54, 1.807) is 31.6 Å². The molecule has 0 saturated heterocycles. The molecule has 0 saturated carbocycles. The molecule has 0 amide bonds. The molecule has 4 nitrogen and oxygen atoms in total. The van der Waals surface area contributed by atoms with Crippen LogP contribution in [0, 0.1) is 13.8 Å². The summed E-state index contributed by atoms with van der Waals surface area (Å²) in [5.74, 6) is 0.727. The zero-order valence-electron chi connectivity index (χ0n) is 11.6. The second-order valence-corrected chi connectivity index (χ2v) is 5.42. The number of Topliss-reactive ketones (excluding diaryl/α,β-unsaturated/α-hetero) is 1. The van der Waals surface area contributed by atoms with Gasteiger partial charge >= 0.3 is 0 Å². The smallest absolute Gasteiger partial charge is 0.187 e. The van der Waals surface area contributed by atoms with Gasteiger partial charge in [0.15, 0.2) is 5.78 Å². The molecule has 0 aromatic carbocycles. The number of pyridine rings is 2. The van der Waals surface area contributed by atoms with Crippen LogP contribution in [0.5, 0.6) is 5.75 Å². The van der Waals surface area contributed by atoms with Gasteiger partial charge in [-0.2, -0.15) is 0 Å². The third-order valence-electron chi connectivity index (χ3n) is 3.09. The van der Waals surface area contributed by atoms with E-state index < -0.39 is 0 Å². The van der Waals surface area contributed by atoms with E-state index in [1.807, 2.05) is 13.8 Å². The van der Waals surface area contributed by atoms with E-state index in [2.05, 4.69) is 25.9 Å². The summed E-state index contributed by atoms with van der Waals surface area (Å²) in [5.41, 5.74) is 3.03. The molecular weight excluding hydrogens is 320 g/mol. The van der Waals surface area contributed by atoms with E-state index in [0.717, 1.165) is 27.0 Å². The molecule has 0 spiro atoms. The average molecular weight is 335 g/mol. The summed E-state index contributed by atoms with van der Waals surface area (Å²) in [6.07, 6.45) is 3.56. The number of hydrogen-bond donors (Lipinski definition) is 0. The van der Waals surface area contributed by atoms with E-state index in [9.17, 15) is 4.79 Å². The Morgan fingerprint density at radius 3 is 2.60 bits per heavy atom. The summed E-state index contributed by atoms with van der Waals surface area (Å²) in [7, 11) is 1.62. The molecule has 0 aliphatic carbocycles. The van der Waals surface area contributed by atoms with Gasteiger partial charge in [0.25, 0.3) is 0 Å². The standard InChI is InChI=1S/C15H15BrN2O2/c1-9-7-17-13(10(2)15(9)20-3)6-14(19)12-5-4-11(16)8-18-12/h4-5,7-8H,6H2,1-3H3. The number of halogens is 1. The van der Waals surface area contributed by atoms with Gasteiger partial charge in [-0.25, -0.2) is 0 Å². The highest BCUT2D eigenvalue weighted by molar-refractivity contribution is 9.10. The Morgan fingerprint density at radius 2 is 2.00 bits per heavy atom. The molecule has 0 fully saturated rings. The summed E-state index contributed by atoms with van der Waals surface area (Å²) in [4.78, 5) is 20.6. The van der Waals surface area contributed by atoms with Crippen LogP contribution in [0.4, 0.5) is 0 Å². The minimum Gasteiger partial charge on any atom is -0.496 e. The first-order valence-electron chi connectivity index (χ1n) is 6.16. The lowest BCUT2D eigenvalue weighted by Crippen LogP contribution is -2.09. The lowest BCUT2D eigenvalue weighted by atomic mass is 10.0. The maximum Gasteiger partial charge on any atom is 0.187 e. The van der Waals surface area contributed by atoms with Crippen molar-refractivity contribution < 1.29 is 9.53 Å². The highest BCUT2D eigenvalue weighted by Gasteiger charge is 2.14. The van der Waals surface area contributed by atoms with Crippen molar-refractivity contribution in [1.29, 1.82) is 0 Å². The number of hydrogen-bond acceptors (Lipinski definition) is 4. The van der Waals surface area contributed by atoms with Gasteiger partial charge in [-0.3, -0.25) is 14.8 Å². The maximum atomic E-state index is 12.2. The summed E-state index contributed by atoms with van der Waals surface area (Å²) in [5, 5.41) is 0. The predicted molar refractivity (Wildman–Crippen MR) is 80.2 cm³/mol. The first-order valence-corrected chi connectivity index (χ1v) is 6.96. The summed E-state index contributed by atoms with van der Waals surface area (Å²) in [6.45, 7) is 3.84. The van der Waals surface area contributed by atoms with Crippen molar-refractivity contribution in [3.05, 3.63) is 51.5 Å². The Bertz CT molecular complexity index is 639. The van der Waals surface area contributed by atoms with Crippen molar-refractivity contribution in [2.75, 3.05) is 7.11 Å². The summed E-state index contributed by atoms with van der Waals surface area (Å²) >= 11 is 3.30. The van der Waals surface area contributed by atoms with E-state index >= 15 is 0 Å². The number of methoxy groups -OCH3 is 1. The van der Waals surface area contributed by atoms with Crippen LogP contribution in [0.3, 0.4) is 0 Å². The molecule has 0 bridgehead atoms. The first-order chi connectivity index (χ1) is 9.52. The largest absolute Gasteiger partial charge is 0.496 e. The third-order valence-corrected chi connectivity index (χ3v) is 3.56. The lowest BCUT2D eigenvalue weighted by molar-refractivity contribution is 0.0987. The number of carbonyl (C=O) groups is 1. The Morgan fingerprint density at radius 1 is 1.25 bits per heavy atom. The minimum atomic E-state index is -0.0565. The van der Waals surface area contributed by atoms with Crippen LogP contribution in [0.2, 0.25) is 0 Å². The number of aryl methyl sites for hydroxylation is 1. The molecule has 0 N–H and O–H groups in total. The molecule has 2 aromatic heterocycles. The number of carbonyl (C=O) groups excluding carboxylic acids is 1. The molecule has 2 heterocycles. The van der Waals surface area contributed by atoms with Crippen molar-refractivity contribution in [1.82, 2.24) is 9.97 Å².